The van der Waals surface area contributed by atoms with Crippen LogP contribution in [0.15, 0.2) is 18.2 Å². The summed E-state index contributed by atoms with van der Waals surface area (Å²) in [6.45, 7) is 3.93. The molecule has 1 saturated carbocycles. The fraction of sp³-hybridized carbons (Fsp3) is 0.636. The predicted octanol–water partition coefficient (Wildman–Crippen LogP) is 3.10. The number of likely N-dealkylation sites (tertiary alicyclic amines) is 2. The summed E-state index contributed by atoms with van der Waals surface area (Å²) >= 11 is 0. The molecule has 2 atom stereocenters. The van der Waals surface area contributed by atoms with Crippen LogP contribution in [-0.2, 0) is 4.79 Å². The Kier molecular flexibility index (Phi) is 5.47. The van der Waals surface area contributed by atoms with Crippen molar-refractivity contribution < 1.29 is 19.1 Å². The Morgan fingerprint density at radius 2 is 1.86 bits per heavy atom. The molecule has 0 N–H and O–H groups in total. The van der Waals surface area contributed by atoms with Gasteiger partial charge >= 0.3 is 0 Å². The number of amides is 2. The van der Waals surface area contributed by atoms with Crippen molar-refractivity contribution >= 4 is 11.8 Å². The van der Waals surface area contributed by atoms with Gasteiger partial charge in [0.1, 0.15) is 6.10 Å². The van der Waals surface area contributed by atoms with E-state index >= 15 is 0 Å². The Labute approximate surface area is 166 Å². The quantitative estimate of drug-likeness (QED) is 0.798. The Balaban J connectivity index is 1.43. The van der Waals surface area contributed by atoms with Crippen LogP contribution in [0.1, 0.15) is 55.8 Å². The highest BCUT2D eigenvalue weighted by atomic mass is 16.5. The summed E-state index contributed by atoms with van der Waals surface area (Å²) < 4.78 is 11.7. The van der Waals surface area contributed by atoms with Crippen LogP contribution >= 0.6 is 0 Å². The van der Waals surface area contributed by atoms with Crippen LogP contribution in [0.4, 0.5) is 0 Å². The molecule has 2 heterocycles. The van der Waals surface area contributed by atoms with Gasteiger partial charge in [0.25, 0.3) is 5.91 Å². The van der Waals surface area contributed by atoms with Gasteiger partial charge in [0.05, 0.1) is 7.11 Å². The van der Waals surface area contributed by atoms with E-state index in [0.717, 1.165) is 45.3 Å². The van der Waals surface area contributed by atoms with Crippen molar-refractivity contribution in [3.63, 3.8) is 0 Å². The summed E-state index contributed by atoms with van der Waals surface area (Å²) in [5, 5.41) is 0. The van der Waals surface area contributed by atoms with Gasteiger partial charge in [0.15, 0.2) is 11.5 Å². The first-order valence-corrected chi connectivity index (χ1v) is 10.5. The van der Waals surface area contributed by atoms with Crippen LogP contribution in [0.25, 0.3) is 0 Å². The van der Waals surface area contributed by atoms with Crippen molar-refractivity contribution in [2.45, 2.75) is 57.6 Å². The molecule has 1 aromatic rings. The van der Waals surface area contributed by atoms with Gasteiger partial charge in [-0.2, -0.15) is 0 Å². The SMILES string of the molecule is COc1cc(C(=O)N2C[C@@H]3CCC[C@H]2C3)ccc1OC1CCN(C(C)=O)CC1. The van der Waals surface area contributed by atoms with Crippen molar-refractivity contribution in [1.82, 2.24) is 9.80 Å². The van der Waals surface area contributed by atoms with E-state index < -0.39 is 0 Å². The molecule has 2 saturated heterocycles. The van der Waals surface area contributed by atoms with E-state index in [-0.39, 0.29) is 17.9 Å². The number of carbonyl (C=O) groups is 2. The van der Waals surface area contributed by atoms with Gasteiger partial charge in [0.2, 0.25) is 5.91 Å². The van der Waals surface area contributed by atoms with Crippen molar-refractivity contribution in [3.05, 3.63) is 23.8 Å². The lowest BCUT2D eigenvalue weighted by molar-refractivity contribution is -0.130. The highest BCUT2D eigenvalue weighted by Gasteiger charge is 2.38. The third-order valence-corrected chi connectivity index (χ3v) is 6.50. The molecular formula is C22H30N2O4. The molecule has 6 nitrogen and oxygen atoms in total. The van der Waals surface area contributed by atoms with E-state index in [1.54, 1.807) is 14.0 Å². The fourth-order valence-corrected chi connectivity index (χ4v) is 4.92. The molecule has 3 aliphatic rings. The molecule has 0 radical (unpaired) electrons. The Morgan fingerprint density at radius 1 is 1.07 bits per heavy atom. The molecule has 6 heteroatoms. The summed E-state index contributed by atoms with van der Waals surface area (Å²) in [4.78, 5) is 28.4. The van der Waals surface area contributed by atoms with Gasteiger partial charge < -0.3 is 19.3 Å². The van der Waals surface area contributed by atoms with Crippen molar-refractivity contribution in [2.24, 2.45) is 5.92 Å². The maximum Gasteiger partial charge on any atom is 0.254 e. The number of carbonyl (C=O) groups excluding carboxylic acids is 2. The topological polar surface area (TPSA) is 59.1 Å². The molecule has 1 aromatic carbocycles. The Bertz CT molecular complexity index is 742. The second-order valence-electron chi connectivity index (χ2n) is 8.33. The lowest BCUT2D eigenvalue weighted by Crippen LogP contribution is -2.40. The third-order valence-electron chi connectivity index (χ3n) is 6.50. The molecule has 3 fully saturated rings. The first kappa shape index (κ1) is 19.1. The Hall–Kier alpha value is -2.24. The zero-order chi connectivity index (χ0) is 19.7. The van der Waals surface area contributed by atoms with Crippen LogP contribution in [0.5, 0.6) is 11.5 Å². The first-order valence-electron chi connectivity index (χ1n) is 10.5. The van der Waals surface area contributed by atoms with Crippen LogP contribution in [0.2, 0.25) is 0 Å². The molecule has 4 rings (SSSR count). The van der Waals surface area contributed by atoms with Gasteiger partial charge in [-0.15, -0.1) is 0 Å². The smallest absolute Gasteiger partial charge is 0.254 e. The number of hydrogen-bond donors (Lipinski definition) is 0. The molecule has 1 aliphatic carbocycles. The molecular weight excluding hydrogens is 356 g/mol. The number of ether oxygens (including phenoxy) is 2. The van der Waals surface area contributed by atoms with Gasteiger partial charge in [-0.25, -0.2) is 0 Å². The second-order valence-corrected chi connectivity index (χ2v) is 8.33. The molecule has 2 aliphatic heterocycles. The second kappa shape index (κ2) is 8.02. The summed E-state index contributed by atoms with van der Waals surface area (Å²) in [6, 6.07) is 5.92. The molecule has 2 amide bonds. The summed E-state index contributed by atoms with van der Waals surface area (Å²) in [5.74, 6) is 2.16. The average Bonchev–Trinajstić information content (AvgIpc) is 3.01. The summed E-state index contributed by atoms with van der Waals surface area (Å²) in [7, 11) is 1.61. The zero-order valence-electron chi connectivity index (χ0n) is 16.9. The van der Waals surface area contributed by atoms with Crippen LogP contribution < -0.4 is 9.47 Å². The molecule has 0 aromatic heterocycles. The summed E-state index contributed by atoms with van der Waals surface area (Å²) in [6.07, 6.45) is 6.43. The van der Waals surface area contributed by atoms with E-state index in [1.807, 2.05) is 23.1 Å². The minimum atomic E-state index is 0.0591. The normalized spacial score (nSPS) is 24.9. The van der Waals surface area contributed by atoms with Gasteiger partial charge in [0, 0.05) is 51.0 Å². The third kappa shape index (κ3) is 3.82. The molecule has 152 valence electrons. The van der Waals surface area contributed by atoms with Crippen LogP contribution in [-0.4, -0.2) is 60.5 Å². The highest BCUT2D eigenvalue weighted by molar-refractivity contribution is 5.95. The monoisotopic (exact) mass is 386 g/mol. The first-order chi connectivity index (χ1) is 13.5. The van der Waals surface area contributed by atoms with Crippen molar-refractivity contribution in [2.75, 3.05) is 26.7 Å². The van der Waals surface area contributed by atoms with Crippen LogP contribution in [0, 0.1) is 5.92 Å². The predicted molar refractivity (Wildman–Crippen MR) is 106 cm³/mol. The standard InChI is InChI=1S/C22H30N2O4/c1-15(25)23-10-8-19(9-11-23)28-20-7-6-17(13-21(20)27-2)22(26)24-14-16-4-3-5-18(24)12-16/h6-7,13,16,18-19H,3-5,8-12,14H2,1-2H3/t16-,18+/m1/s1. The largest absolute Gasteiger partial charge is 0.493 e. The maximum atomic E-state index is 13.1. The van der Waals surface area contributed by atoms with Gasteiger partial charge in [-0.1, -0.05) is 6.42 Å². The fourth-order valence-electron chi connectivity index (χ4n) is 4.92. The number of piperidine rings is 1. The van der Waals surface area contributed by atoms with Crippen LogP contribution in [0.3, 0.4) is 0 Å². The van der Waals surface area contributed by atoms with Crippen molar-refractivity contribution in [1.29, 1.82) is 0 Å². The minimum Gasteiger partial charge on any atom is -0.493 e. The van der Waals surface area contributed by atoms with Gasteiger partial charge in [-0.05, 0) is 43.4 Å². The molecule has 2 bridgehead atoms. The highest BCUT2D eigenvalue weighted by Crippen LogP contribution is 2.37. The Morgan fingerprint density at radius 3 is 2.54 bits per heavy atom. The van der Waals surface area contributed by atoms with E-state index in [2.05, 4.69) is 4.90 Å². The van der Waals surface area contributed by atoms with E-state index in [1.165, 1.54) is 12.8 Å². The number of hydrogen-bond acceptors (Lipinski definition) is 4. The van der Waals surface area contributed by atoms with E-state index in [9.17, 15) is 9.59 Å². The number of nitrogens with zero attached hydrogens (tertiary/aromatic N) is 2. The lowest BCUT2D eigenvalue weighted by atomic mass is 9.90. The zero-order valence-corrected chi connectivity index (χ0v) is 16.9. The number of fused-ring (bicyclic) bond motifs is 2. The van der Waals surface area contributed by atoms with Gasteiger partial charge in [-0.3, -0.25) is 9.59 Å². The summed E-state index contributed by atoms with van der Waals surface area (Å²) in [5.41, 5.74) is 0.670. The van der Waals surface area contributed by atoms with E-state index in [0.29, 0.717) is 29.0 Å². The molecule has 0 spiro atoms. The molecule has 28 heavy (non-hydrogen) atoms. The average molecular weight is 386 g/mol. The molecule has 0 unspecified atom stereocenters. The van der Waals surface area contributed by atoms with E-state index in [4.69, 9.17) is 9.47 Å². The lowest BCUT2D eigenvalue weighted by Gasteiger charge is -2.31. The van der Waals surface area contributed by atoms with Crippen molar-refractivity contribution in [3.8, 4) is 11.5 Å². The number of rotatable bonds is 4. The maximum absolute atomic E-state index is 13.1. The number of methoxy groups -OCH3 is 1. The minimum absolute atomic E-state index is 0.0591. The number of benzene rings is 1.